The number of ketones is 1. The Morgan fingerprint density at radius 1 is 1.03 bits per heavy atom. The van der Waals surface area contributed by atoms with Crippen molar-refractivity contribution in [1.82, 2.24) is 0 Å². The molecule has 0 unspecified atom stereocenters. The van der Waals surface area contributed by atoms with Crippen molar-refractivity contribution in [2.75, 3.05) is 20.3 Å². The van der Waals surface area contributed by atoms with Gasteiger partial charge < -0.3 is 19.3 Å². The van der Waals surface area contributed by atoms with Crippen molar-refractivity contribution >= 4 is 27.8 Å². The lowest BCUT2D eigenvalue weighted by Crippen LogP contribution is -2.03. The number of ether oxygens (including phenoxy) is 3. The molecule has 1 N–H and O–H groups in total. The van der Waals surface area contributed by atoms with Gasteiger partial charge in [0.05, 0.1) is 24.8 Å². The molecule has 30 heavy (non-hydrogen) atoms. The lowest BCUT2D eigenvalue weighted by molar-refractivity contribution is 0.104. The monoisotopic (exact) mass is 472 g/mol. The molecule has 2 fully saturated rings. The number of rotatable bonds is 10. The number of aromatic hydroxyl groups is 1. The average Bonchev–Trinajstić information content (AvgIpc) is 3.66. The fraction of sp³-hybridized carbons (Fsp3) is 0.375. The minimum atomic E-state index is -0.234. The fourth-order valence-electron chi connectivity index (χ4n) is 3.02. The highest BCUT2D eigenvalue weighted by molar-refractivity contribution is 9.10. The molecule has 0 radical (unpaired) electrons. The maximum absolute atomic E-state index is 12.8. The van der Waals surface area contributed by atoms with Crippen LogP contribution in [0.3, 0.4) is 0 Å². The van der Waals surface area contributed by atoms with Crippen LogP contribution in [-0.4, -0.2) is 31.2 Å². The summed E-state index contributed by atoms with van der Waals surface area (Å²) >= 11 is 3.45. The molecule has 0 amide bonds. The second kappa shape index (κ2) is 9.13. The quantitative estimate of drug-likeness (QED) is 0.358. The maximum atomic E-state index is 12.8. The van der Waals surface area contributed by atoms with Gasteiger partial charge in [0.25, 0.3) is 0 Å². The third kappa shape index (κ3) is 5.36. The molecule has 2 aliphatic carbocycles. The summed E-state index contributed by atoms with van der Waals surface area (Å²) in [4.78, 5) is 12.8. The molecule has 2 aliphatic rings. The van der Waals surface area contributed by atoms with Crippen molar-refractivity contribution in [3.8, 4) is 23.0 Å². The van der Waals surface area contributed by atoms with Crippen LogP contribution in [0.4, 0.5) is 0 Å². The number of carbonyl (C=O) groups is 1. The van der Waals surface area contributed by atoms with Gasteiger partial charge in [0.15, 0.2) is 17.3 Å². The summed E-state index contributed by atoms with van der Waals surface area (Å²) in [5.41, 5.74) is 1.17. The van der Waals surface area contributed by atoms with Crippen LogP contribution in [0.2, 0.25) is 0 Å². The topological polar surface area (TPSA) is 65.0 Å². The normalized spacial score (nSPS) is 15.9. The fourth-order valence-corrected chi connectivity index (χ4v) is 3.56. The molecule has 5 nitrogen and oxygen atoms in total. The highest BCUT2D eigenvalue weighted by Crippen LogP contribution is 2.37. The molecule has 0 aromatic heterocycles. The Balaban J connectivity index is 1.47. The Bertz CT molecular complexity index is 960. The van der Waals surface area contributed by atoms with E-state index in [-0.39, 0.29) is 11.5 Å². The number of hydrogen-bond donors (Lipinski definition) is 1. The molecule has 4 rings (SSSR count). The third-order valence-electron chi connectivity index (χ3n) is 5.25. The highest BCUT2D eigenvalue weighted by Gasteiger charge is 2.24. The van der Waals surface area contributed by atoms with Crippen LogP contribution in [0.5, 0.6) is 23.0 Å². The minimum Gasteiger partial charge on any atom is -0.508 e. The van der Waals surface area contributed by atoms with Crippen LogP contribution in [0.1, 0.15) is 41.6 Å². The molecule has 158 valence electrons. The first kappa shape index (κ1) is 20.8. The summed E-state index contributed by atoms with van der Waals surface area (Å²) in [6.07, 6.45) is 7.98. The number of phenolic OH excluding ortho intramolecular Hbond substituents is 1. The molecular weight excluding hydrogens is 448 g/mol. The van der Waals surface area contributed by atoms with Gasteiger partial charge in [-0.1, -0.05) is 12.1 Å². The first-order valence-electron chi connectivity index (χ1n) is 10.2. The van der Waals surface area contributed by atoms with E-state index >= 15 is 0 Å². The van der Waals surface area contributed by atoms with Gasteiger partial charge in [-0.25, -0.2) is 0 Å². The number of carbonyl (C=O) groups excluding carboxylic acids is 1. The van der Waals surface area contributed by atoms with E-state index in [1.165, 1.54) is 43.9 Å². The SMILES string of the molecule is COc1cc(/C=C/C(=O)c2cc(O)cc(OCC3CC3)c2Br)ccc1OCC1CC1. The number of hydrogen-bond acceptors (Lipinski definition) is 5. The third-order valence-corrected chi connectivity index (χ3v) is 6.07. The van der Waals surface area contributed by atoms with E-state index in [1.807, 2.05) is 18.2 Å². The second-order valence-electron chi connectivity index (χ2n) is 7.92. The van der Waals surface area contributed by atoms with E-state index in [9.17, 15) is 9.90 Å². The minimum absolute atomic E-state index is 0.000388. The molecule has 2 saturated carbocycles. The zero-order valence-corrected chi connectivity index (χ0v) is 18.5. The highest BCUT2D eigenvalue weighted by atomic mass is 79.9. The summed E-state index contributed by atoms with van der Waals surface area (Å²) in [6, 6.07) is 8.55. The van der Waals surface area contributed by atoms with Crippen molar-refractivity contribution in [3.63, 3.8) is 0 Å². The molecular formula is C24H25BrO5. The van der Waals surface area contributed by atoms with Crippen LogP contribution in [0, 0.1) is 11.8 Å². The number of benzene rings is 2. The predicted octanol–water partition coefficient (Wildman–Crippen LogP) is 5.64. The van der Waals surface area contributed by atoms with Crippen molar-refractivity contribution < 1.29 is 24.1 Å². The van der Waals surface area contributed by atoms with Gasteiger partial charge in [-0.2, -0.15) is 0 Å². The van der Waals surface area contributed by atoms with E-state index < -0.39 is 0 Å². The van der Waals surface area contributed by atoms with E-state index in [0.29, 0.717) is 52.3 Å². The first-order chi connectivity index (χ1) is 14.5. The summed E-state index contributed by atoms with van der Waals surface area (Å²) in [5.74, 6) is 2.83. The van der Waals surface area contributed by atoms with E-state index in [4.69, 9.17) is 14.2 Å². The van der Waals surface area contributed by atoms with Gasteiger partial charge >= 0.3 is 0 Å². The van der Waals surface area contributed by atoms with Gasteiger partial charge in [0, 0.05) is 11.6 Å². The Morgan fingerprint density at radius 3 is 2.33 bits per heavy atom. The summed E-state index contributed by atoms with van der Waals surface area (Å²) in [6.45, 7) is 1.31. The van der Waals surface area contributed by atoms with Gasteiger partial charge in [-0.3, -0.25) is 4.79 Å². The first-order valence-corrected chi connectivity index (χ1v) is 11.0. The number of halogens is 1. The van der Waals surface area contributed by atoms with Gasteiger partial charge in [0.1, 0.15) is 11.5 Å². The van der Waals surface area contributed by atoms with Crippen LogP contribution < -0.4 is 14.2 Å². The van der Waals surface area contributed by atoms with Crippen LogP contribution in [0.15, 0.2) is 40.9 Å². The van der Waals surface area contributed by atoms with Crippen molar-refractivity contribution in [3.05, 3.63) is 52.0 Å². The Morgan fingerprint density at radius 2 is 1.70 bits per heavy atom. The molecule has 0 saturated heterocycles. The largest absolute Gasteiger partial charge is 0.508 e. The zero-order chi connectivity index (χ0) is 21.1. The molecule has 0 aliphatic heterocycles. The lowest BCUT2D eigenvalue weighted by atomic mass is 10.1. The summed E-state index contributed by atoms with van der Waals surface area (Å²) in [7, 11) is 1.60. The Labute approximate surface area is 184 Å². The predicted molar refractivity (Wildman–Crippen MR) is 119 cm³/mol. The number of phenols is 1. The lowest BCUT2D eigenvalue weighted by Gasteiger charge is -2.11. The van der Waals surface area contributed by atoms with E-state index in [0.717, 1.165) is 5.56 Å². The number of methoxy groups -OCH3 is 1. The van der Waals surface area contributed by atoms with Crippen LogP contribution in [-0.2, 0) is 0 Å². The van der Waals surface area contributed by atoms with Gasteiger partial charge in [-0.15, -0.1) is 0 Å². The van der Waals surface area contributed by atoms with Crippen molar-refractivity contribution in [2.24, 2.45) is 11.8 Å². The molecule has 0 spiro atoms. The Hall–Kier alpha value is -2.47. The van der Waals surface area contributed by atoms with Crippen LogP contribution >= 0.6 is 15.9 Å². The maximum Gasteiger partial charge on any atom is 0.187 e. The summed E-state index contributed by atoms with van der Waals surface area (Å²) in [5, 5.41) is 10.0. The van der Waals surface area contributed by atoms with Crippen molar-refractivity contribution in [1.29, 1.82) is 0 Å². The molecule has 6 heteroatoms. The van der Waals surface area contributed by atoms with Crippen LogP contribution in [0.25, 0.3) is 6.08 Å². The molecule has 2 aromatic carbocycles. The smallest absolute Gasteiger partial charge is 0.187 e. The molecule has 2 aromatic rings. The standard InChI is InChI=1S/C24H25BrO5/c1-28-22-10-15(7-9-21(22)29-13-16-2-3-16)6-8-20(27)19-11-18(26)12-23(24(19)25)30-14-17-4-5-17/h6-12,16-17,26H,2-5,13-14H2,1H3/b8-6+. The van der Waals surface area contributed by atoms with E-state index in [1.54, 1.807) is 13.2 Å². The molecule has 0 bridgehead atoms. The van der Waals surface area contributed by atoms with Gasteiger partial charge in [0.2, 0.25) is 0 Å². The molecule has 0 heterocycles. The Kier molecular flexibility index (Phi) is 6.32. The van der Waals surface area contributed by atoms with Gasteiger partial charge in [-0.05, 0) is 83.3 Å². The van der Waals surface area contributed by atoms with E-state index in [2.05, 4.69) is 15.9 Å². The number of allylic oxidation sites excluding steroid dienone is 1. The van der Waals surface area contributed by atoms with Crippen molar-refractivity contribution in [2.45, 2.75) is 25.7 Å². The second-order valence-corrected chi connectivity index (χ2v) is 8.72. The zero-order valence-electron chi connectivity index (χ0n) is 16.9. The summed E-state index contributed by atoms with van der Waals surface area (Å²) < 4.78 is 17.6. The molecule has 0 atom stereocenters. The average molecular weight is 473 g/mol.